The van der Waals surface area contributed by atoms with E-state index in [4.69, 9.17) is 4.74 Å². The minimum atomic E-state index is -0.458. The van der Waals surface area contributed by atoms with Crippen molar-refractivity contribution >= 4 is 18.1 Å². The summed E-state index contributed by atoms with van der Waals surface area (Å²) in [6.45, 7) is 7.14. The lowest BCUT2D eigenvalue weighted by atomic mass is 9.81. The van der Waals surface area contributed by atoms with E-state index in [1.165, 1.54) is 7.11 Å². The van der Waals surface area contributed by atoms with Crippen LogP contribution in [0.1, 0.15) is 29.8 Å². The molecule has 0 atom stereocenters. The zero-order valence-corrected chi connectivity index (χ0v) is 15.0. The van der Waals surface area contributed by atoms with E-state index in [0.29, 0.717) is 24.2 Å². The number of aryl methyl sites for hydroxylation is 1. The van der Waals surface area contributed by atoms with E-state index in [9.17, 15) is 9.59 Å². The van der Waals surface area contributed by atoms with Gasteiger partial charge in [0.25, 0.3) is 5.91 Å². The SMILES string of the molecule is COC(=O)C1=CN(C(=O)c2ccc(C)cc2)CC(C)(C)C2=C1C=NC2. The van der Waals surface area contributed by atoms with Gasteiger partial charge in [-0.1, -0.05) is 31.5 Å². The van der Waals surface area contributed by atoms with Gasteiger partial charge in [-0.15, -0.1) is 0 Å². The number of amides is 1. The Kier molecular flexibility index (Phi) is 4.33. The molecule has 3 rings (SSSR count). The van der Waals surface area contributed by atoms with Crippen LogP contribution < -0.4 is 0 Å². The summed E-state index contributed by atoms with van der Waals surface area (Å²) in [6.07, 6.45) is 3.31. The number of hydrogen-bond donors (Lipinski definition) is 0. The van der Waals surface area contributed by atoms with E-state index in [1.54, 1.807) is 17.3 Å². The van der Waals surface area contributed by atoms with E-state index in [2.05, 4.69) is 18.8 Å². The summed E-state index contributed by atoms with van der Waals surface area (Å²) < 4.78 is 4.93. The third-order valence-electron chi connectivity index (χ3n) is 4.72. The van der Waals surface area contributed by atoms with Gasteiger partial charge in [-0.05, 0) is 24.6 Å². The van der Waals surface area contributed by atoms with Crippen molar-refractivity contribution in [3.8, 4) is 0 Å². The van der Waals surface area contributed by atoms with E-state index >= 15 is 0 Å². The van der Waals surface area contributed by atoms with Crippen LogP contribution in [0, 0.1) is 12.3 Å². The summed E-state index contributed by atoms with van der Waals surface area (Å²) in [6, 6.07) is 7.44. The molecule has 130 valence electrons. The molecule has 1 aromatic carbocycles. The lowest BCUT2D eigenvalue weighted by Crippen LogP contribution is -2.36. The van der Waals surface area contributed by atoms with Gasteiger partial charge in [-0.25, -0.2) is 4.79 Å². The maximum Gasteiger partial charge on any atom is 0.340 e. The first-order valence-corrected chi connectivity index (χ1v) is 8.25. The second-order valence-corrected chi connectivity index (χ2v) is 7.08. The van der Waals surface area contributed by atoms with Gasteiger partial charge in [0.1, 0.15) is 0 Å². The summed E-state index contributed by atoms with van der Waals surface area (Å²) in [5, 5.41) is 0. The molecule has 1 aromatic rings. The minimum Gasteiger partial charge on any atom is -0.465 e. The Balaban J connectivity index is 2.05. The largest absolute Gasteiger partial charge is 0.465 e. The number of esters is 1. The molecule has 0 spiro atoms. The Morgan fingerprint density at radius 1 is 1.20 bits per heavy atom. The van der Waals surface area contributed by atoms with E-state index in [-0.39, 0.29) is 11.3 Å². The molecular weight excluding hydrogens is 316 g/mol. The molecule has 0 bridgehead atoms. The molecule has 0 aliphatic carbocycles. The van der Waals surface area contributed by atoms with Crippen molar-refractivity contribution in [2.24, 2.45) is 10.4 Å². The molecule has 0 fully saturated rings. The van der Waals surface area contributed by atoms with Crippen molar-refractivity contribution in [1.29, 1.82) is 0 Å². The topological polar surface area (TPSA) is 59.0 Å². The number of methoxy groups -OCH3 is 1. The predicted molar refractivity (Wildman–Crippen MR) is 96.5 cm³/mol. The molecular formula is C20H22N2O3. The Morgan fingerprint density at radius 3 is 2.52 bits per heavy atom. The molecule has 25 heavy (non-hydrogen) atoms. The average Bonchev–Trinajstić information content (AvgIpc) is 3.04. The summed E-state index contributed by atoms with van der Waals surface area (Å²) in [5.41, 5.74) is 3.61. The van der Waals surface area contributed by atoms with E-state index < -0.39 is 5.97 Å². The van der Waals surface area contributed by atoms with Crippen molar-refractivity contribution < 1.29 is 14.3 Å². The zero-order valence-electron chi connectivity index (χ0n) is 15.0. The number of carbonyl (C=O) groups excluding carboxylic acids is 2. The highest BCUT2D eigenvalue weighted by Gasteiger charge is 2.37. The van der Waals surface area contributed by atoms with Gasteiger partial charge in [0.15, 0.2) is 0 Å². The highest BCUT2D eigenvalue weighted by Crippen LogP contribution is 2.38. The lowest BCUT2D eigenvalue weighted by Gasteiger charge is -2.30. The molecule has 2 aliphatic heterocycles. The summed E-state index contributed by atoms with van der Waals surface area (Å²) in [4.78, 5) is 31.2. The third kappa shape index (κ3) is 3.14. The van der Waals surface area contributed by atoms with Crippen molar-refractivity contribution in [3.63, 3.8) is 0 Å². The normalized spacial score (nSPS) is 18.6. The number of ether oxygens (including phenoxy) is 1. The molecule has 5 heteroatoms. The smallest absolute Gasteiger partial charge is 0.340 e. The molecule has 0 aromatic heterocycles. The lowest BCUT2D eigenvalue weighted by molar-refractivity contribution is -0.135. The second kappa shape index (κ2) is 6.31. The Bertz CT molecular complexity index is 814. The fourth-order valence-corrected chi connectivity index (χ4v) is 3.26. The third-order valence-corrected chi connectivity index (χ3v) is 4.72. The molecule has 0 unspecified atom stereocenters. The van der Waals surface area contributed by atoms with Crippen LogP contribution in [0.25, 0.3) is 0 Å². The van der Waals surface area contributed by atoms with Crippen molar-refractivity contribution in [1.82, 2.24) is 4.90 Å². The molecule has 1 amide bonds. The van der Waals surface area contributed by atoms with E-state index in [0.717, 1.165) is 16.7 Å². The molecule has 0 saturated heterocycles. The quantitative estimate of drug-likeness (QED) is 0.779. The minimum absolute atomic E-state index is 0.132. The van der Waals surface area contributed by atoms with Crippen LogP contribution in [0.2, 0.25) is 0 Å². The van der Waals surface area contributed by atoms with Crippen LogP contribution in [0.4, 0.5) is 0 Å². The second-order valence-electron chi connectivity index (χ2n) is 7.08. The number of aliphatic imine (C=N–C) groups is 1. The number of benzene rings is 1. The fourth-order valence-electron chi connectivity index (χ4n) is 3.26. The highest BCUT2D eigenvalue weighted by atomic mass is 16.5. The number of hydrogen-bond acceptors (Lipinski definition) is 4. The van der Waals surface area contributed by atoms with Crippen LogP contribution in [0.3, 0.4) is 0 Å². The molecule has 0 N–H and O–H groups in total. The van der Waals surface area contributed by atoms with Gasteiger partial charge >= 0.3 is 5.97 Å². The van der Waals surface area contributed by atoms with E-state index in [1.807, 2.05) is 31.2 Å². The van der Waals surface area contributed by atoms with Crippen molar-refractivity contribution in [2.45, 2.75) is 20.8 Å². The number of rotatable bonds is 2. The Hall–Kier alpha value is -2.69. The summed E-state index contributed by atoms with van der Waals surface area (Å²) in [7, 11) is 1.34. The Morgan fingerprint density at radius 2 is 1.88 bits per heavy atom. The van der Waals surface area contributed by atoms with Gasteiger partial charge in [-0.3, -0.25) is 9.79 Å². The zero-order chi connectivity index (χ0) is 18.2. The first-order chi connectivity index (χ1) is 11.8. The molecule has 5 nitrogen and oxygen atoms in total. The van der Waals surface area contributed by atoms with Crippen molar-refractivity contribution in [3.05, 3.63) is 58.3 Å². The molecule has 0 saturated carbocycles. The first-order valence-electron chi connectivity index (χ1n) is 8.25. The summed E-state index contributed by atoms with van der Waals surface area (Å²) in [5.74, 6) is -0.590. The van der Waals surface area contributed by atoms with Gasteiger partial charge in [0.05, 0.1) is 19.2 Å². The standard InChI is InChI=1S/C20H22N2O3/c1-13-5-7-14(8-6-13)18(23)22-11-16(19(24)25-4)15-9-21-10-17(15)20(2,3)12-22/h5-9,11H,10,12H2,1-4H3. The van der Waals surface area contributed by atoms with Crippen LogP contribution in [-0.4, -0.2) is 43.2 Å². The van der Waals surface area contributed by atoms with Crippen LogP contribution in [0.15, 0.2) is 52.2 Å². The van der Waals surface area contributed by atoms with Gasteiger partial charge in [0.2, 0.25) is 0 Å². The van der Waals surface area contributed by atoms with Crippen LogP contribution in [-0.2, 0) is 9.53 Å². The first kappa shape index (κ1) is 17.1. The maximum atomic E-state index is 13.0. The predicted octanol–water partition coefficient (Wildman–Crippen LogP) is 2.91. The Labute approximate surface area is 147 Å². The highest BCUT2D eigenvalue weighted by molar-refractivity contribution is 6.06. The van der Waals surface area contributed by atoms with Crippen molar-refractivity contribution in [2.75, 3.05) is 20.2 Å². The fraction of sp³-hybridized carbons (Fsp3) is 0.350. The number of carbonyl (C=O) groups is 2. The molecule has 2 aliphatic rings. The van der Waals surface area contributed by atoms with Gasteiger partial charge in [0, 0.05) is 35.5 Å². The van der Waals surface area contributed by atoms with Gasteiger partial charge in [-0.2, -0.15) is 0 Å². The van der Waals surface area contributed by atoms with Crippen LogP contribution in [0.5, 0.6) is 0 Å². The van der Waals surface area contributed by atoms with Gasteiger partial charge < -0.3 is 9.64 Å². The van der Waals surface area contributed by atoms with Crippen LogP contribution >= 0.6 is 0 Å². The molecule has 2 heterocycles. The number of nitrogens with zero attached hydrogens (tertiary/aromatic N) is 2. The maximum absolute atomic E-state index is 13.0. The summed E-state index contributed by atoms with van der Waals surface area (Å²) >= 11 is 0. The average molecular weight is 338 g/mol. The molecule has 0 radical (unpaired) electrons. The monoisotopic (exact) mass is 338 g/mol.